The lowest BCUT2D eigenvalue weighted by atomic mass is 10.1. The lowest BCUT2D eigenvalue weighted by Crippen LogP contribution is -2.24. The van der Waals surface area contributed by atoms with Crippen molar-refractivity contribution in [2.75, 3.05) is 5.32 Å². The number of aryl methyl sites for hydroxylation is 2. The molecule has 3 aromatic rings. The van der Waals surface area contributed by atoms with Gasteiger partial charge in [0.1, 0.15) is 0 Å². The maximum Gasteiger partial charge on any atom is 0.237 e. The highest BCUT2D eigenvalue weighted by Crippen LogP contribution is 2.30. The molecule has 0 aliphatic carbocycles. The van der Waals surface area contributed by atoms with E-state index in [9.17, 15) is 9.59 Å². The molecule has 0 radical (unpaired) electrons. The van der Waals surface area contributed by atoms with Crippen molar-refractivity contribution >= 4 is 40.0 Å². The summed E-state index contributed by atoms with van der Waals surface area (Å²) in [6.07, 6.45) is 0.676. The van der Waals surface area contributed by atoms with Crippen LogP contribution in [-0.2, 0) is 4.79 Å². The molecule has 1 heterocycles. The number of nitrogens with one attached hydrogen (secondary N) is 1. The monoisotopic (exact) mass is 392 g/mol. The van der Waals surface area contributed by atoms with E-state index in [0.717, 1.165) is 27.1 Å². The largest absolute Gasteiger partial charge is 0.325 e. The molecule has 0 bridgehead atoms. The molecule has 28 heavy (non-hydrogen) atoms. The Morgan fingerprint density at radius 2 is 1.82 bits per heavy atom. The minimum Gasteiger partial charge on any atom is -0.325 e. The molecule has 0 aliphatic heterocycles. The van der Waals surface area contributed by atoms with Crippen molar-refractivity contribution in [2.24, 2.45) is 0 Å². The highest BCUT2D eigenvalue weighted by atomic mass is 32.2. The zero-order chi connectivity index (χ0) is 20.3. The number of rotatable bonds is 6. The smallest absolute Gasteiger partial charge is 0.237 e. The van der Waals surface area contributed by atoms with Crippen LogP contribution in [0.25, 0.3) is 10.9 Å². The Balaban J connectivity index is 1.81. The highest BCUT2D eigenvalue weighted by Gasteiger charge is 2.20. The van der Waals surface area contributed by atoms with Crippen molar-refractivity contribution in [3.05, 3.63) is 65.2 Å². The summed E-state index contributed by atoms with van der Waals surface area (Å²) in [7, 11) is 0. The van der Waals surface area contributed by atoms with E-state index in [-0.39, 0.29) is 16.9 Å². The fourth-order valence-corrected chi connectivity index (χ4v) is 4.11. The van der Waals surface area contributed by atoms with Gasteiger partial charge < -0.3 is 5.32 Å². The quantitative estimate of drug-likeness (QED) is 0.440. The third kappa shape index (κ3) is 4.42. The minimum absolute atomic E-state index is 0.0243. The number of para-hydroxylation sites is 1. The van der Waals surface area contributed by atoms with Crippen LogP contribution in [0.2, 0.25) is 0 Å². The number of anilines is 1. The Bertz CT molecular complexity index is 1050. The molecule has 1 amide bonds. The van der Waals surface area contributed by atoms with Crippen LogP contribution in [0.5, 0.6) is 0 Å². The maximum atomic E-state index is 12.8. The average Bonchev–Trinajstić information content (AvgIpc) is 2.67. The lowest BCUT2D eigenvalue weighted by molar-refractivity contribution is -0.115. The van der Waals surface area contributed by atoms with Gasteiger partial charge in [0.25, 0.3) is 0 Å². The van der Waals surface area contributed by atoms with Crippen LogP contribution in [0.15, 0.2) is 53.6 Å². The van der Waals surface area contributed by atoms with Crippen LogP contribution in [0.3, 0.4) is 0 Å². The highest BCUT2D eigenvalue weighted by molar-refractivity contribution is 8.00. The molecule has 4 nitrogen and oxygen atoms in total. The number of aromatic nitrogens is 1. The van der Waals surface area contributed by atoms with Gasteiger partial charge in [-0.3, -0.25) is 9.59 Å². The summed E-state index contributed by atoms with van der Waals surface area (Å²) in [6.45, 7) is 7.63. The van der Waals surface area contributed by atoms with Crippen molar-refractivity contribution in [1.82, 2.24) is 4.98 Å². The molecule has 3 rings (SSSR count). The number of Topliss-reactive ketones (excluding diaryl/α,β-unsaturated/α-hetero) is 1. The predicted octanol–water partition coefficient (Wildman–Crippen LogP) is 5.56. The van der Waals surface area contributed by atoms with Gasteiger partial charge in [-0.05, 0) is 56.5 Å². The first-order valence-corrected chi connectivity index (χ1v) is 10.2. The van der Waals surface area contributed by atoms with Gasteiger partial charge in [-0.2, -0.15) is 0 Å². The van der Waals surface area contributed by atoms with E-state index in [1.54, 1.807) is 24.3 Å². The normalized spacial score (nSPS) is 12.0. The molecule has 1 aromatic heterocycles. The summed E-state index contributed by atoms with van der Waals surface area (Å²) < 4.78 is 0. The number of thioether (sulfide) groups is 1. The molecule has 1 unspecified atom stereocenters. The van der Waals surface area contributed by atoms with Gasteiger partial charge in [-0.15, -0.1) is 0 Å². The van der Waals surface area contributed by atoms with Crippen LogP contribution in [-0.4, -0.2) is 21.9 Å². The maximum absolute atomic E-state index is 12.8. The Hall–Kier alpha value is -2.66. The molecule has 144 valence electrons. The molecular weight excluding hydrogens is 368 g/mol. The molecular formula is C23H24N2O2S. The number of benzene rings is 2. The molecule has 5 heteroatoms. The number of ketones is 1. The van der Waals surface area contributed by atoms with E-state index in [4.69, 9.17) is 4.98 Å². The van der Waals surface area contributed by atoms with Gasteiger partial charge in [-0.1, -0.05) is 49.0 Å². The van der Waals surface area contributed by atoms with Gasteiger partial charge >= 0.3 is 0 Å². The number of hydrogen-bond acceptors (Lipinski definition) is 4. The number of carbonyl (C=O) groups excluding carboxylic acids is 2. The second-order valence-corrected chi connectivity index (χ2v) is 8.11. The van der Waals surface area contributed by atoms with Crippen LogP contribution in [0.1, 0.15) is 41.8 Å². The number of nitrogens with zero attached hydrogens (tertiary/aromatic N) is 1. The summed E-state index contributed by atoms with van der Waals surface area (Å²) in [6, 6.07) is 15.2. The Kier molecular flexibility index (Phi) is 6.15. The summed E-state index contributed by atoms with van der Waals surface area (Å²) in [4.78, 5) is 29.1. The summed E-state index contributed by atoms with van der Waals surface area (Å²) in [5.41, 5.74) is 4.48. The van der Waals surface area contributed by atoms with Gasteiger partial charge in [0.2, 0.25) is 5.91 Å². The topological polar surface area (TPSA) is 59.1 Å². The second kappa shape index (κ2) is 8.57. The van der Waals surface area contributed by atoms with Crippen molar-refractivity contribution in [2.45, 2.75) is 44.4 Å². The van der Waals surface area contributed by atoms with Crippen molar-refractivity contribution in [3.8, 4) is 0 Å². The third-order valence-corrected chi connectivity index (χ3v) is 5.97. The number of carbonyl (C=O) groups is 2. The molecule has 0 fully saturated rings. The Labute approximate surface area is 169 Å². The van der Waals surface area contributed by atoms with Crippen LogP contribution in [0, 0.1) is 13.8 Å². The van der Waals surface area contributed by atoms with Crippen molar-refractivity contribution < 1.29 is 9.59 Å². The van der Waals surface area contributed by atoms with E-state index in [2.05, 4.69) is 31.3 Å². The fourth-order valence-electron chi connectivity index (χ4n) is 3.10. The first-order chi connectivity index (χ1) is 13.4. The first-order valence-electron chi connectivity index (χ1n) is 9.34. The Morgan fingerprint density at radius 1 is 1.07 bits per heavy atom. The van der Waals surface area contributed by atoms with Gasteiger partial charge in [0.05, 0.1) is 15.8 Å². The molecule has 1 N–H and O–H groups in total. The number of pyridine rings is 1. The zero-order valence-electron chi connectivity index (χ0n) is 16.6. The average molecular weight is 393 g/mol. The fraction of sp³-hybridized carbons (Fsp3) is 0.261. The molecule has 1 atom stereocenters. The van der Waals surface area contributed by atoms with E-state index in [0.29, 0.717) is 17.7 Å². The predicted molar refractivity (Wildman–Crippen MR) is 116 cm³/mol. The van der Waals surface area contributed by atoms with Gasteiger partial charge in [-0.25, -0.2) is 4.98 Å². The van der Waals surface area contributed by atoms with Crippen LogP contribution in [0.4, 0.5) is 5.69 Å². The molecule has 0 saturated heterocycles. The lowest BCUT2D eigenvalue weighted by Gasteiger charge is -2.16. The SMILES string of the molecule is CCC(Sc1cc(C)c2cccc(C)c2n1)C(=O)Nc1cccc(C(C)=O)c1. The number of amides is 1. The third-order valence-electron chi connectivity index (χ3n) is 4.69. The van der Waals surface area contributed by atoms with E-state index in [1.807, 2.05) is 19.1 Å². The van der Waals surface area contributed by atoms with Crippen LogP contribution < -0.4 is 5.32 Å². The number of hydrogen-bond donors (Lipinski definition) is 1. The van der Waals surface area contributed by atoms with Crippen molar-refractivity contribution in [1.29, 1.82) is 0 Å². The molecule has 0 saturated carbocycles. The van der Waals surface area contributed by atoms with Gasteiger partial charge in [0.15, 0.2) is 5.78 Å². The summed E-state index contributed by atoms with van der Waals surface area (Å²) in [5.74, 6) is -0.110. The van der Waals surface area contributed by atoms with Crippen molar-refractivity contribution in [3.63, 3.8) is 0 Å². The standard InChI is InChI=1S/C23H24N2O2S/c1-5-20(23(27)24-18-10-7-9-17(13-18)16(4)26)28-21-12-15(3)19-11-6-8-14(2)22(19)25-21/h6-13,20H,5H2,1-4H3,(H,24,27). The summed E-state index contributed by atoms with van der Waals surface area (Å²) >= 11 is 1.47. The molecule has 0 aliphatic rings. The summed E-state index contributed by atoms with van der Waals surface area (Å²) in [5, 5.41) is 4.65. The van der Waals surface area contributed by atoms with Crippen LogP contribution >= 0.6 is 11.8 Å². The van der Waals surface area contributed by atoms with Gasteiger partial charge in [0, 0.05) is 16.6 Å². The Morgan fingerprint density at radius 3 is 2.54 bits per heavy atom. The first kappa shape index (κ1) is 20.1. The van der Waals surface area contributed by atoms with E-state index >= 15 is 0 Å². The molecule has 0 spiro atoms. The molecule has 2 aromatic carbocycles. The zero-order valence-corrected chi connectivity index (χ0v) is 17.4. The van der Waals surface area contributed by atoms with E-state index in [1.165, 1.54) is 18.7 Å². The van der Waals surface area contributed by atoms with E-state index < -0.39 is 0 Å². The number of fused-ring (bicyclic) bond motifs is 1. The second-order valence-electron chi connectivity index (χ2n) is 6.89. The minimum atomic E-state index is -0.269.